The summed E-state index contributed by atoms with van der Waals surface area (Å²) < 4.78 is 8.37. The molecule has 0 saturated heterocycles. The Balaban J connectivity index is 1.72. The van der Waals surface area contributed by atoms with E-state index in [1.54, 1.807) is 49.9 Å². The van der Waals surface area contributed by atoms with Gasteiger partial charge >= 0.3 is 0 Å². The van der Waals surface area contributed by atoms with Gasteiger partial charge in [0.05, 0.1) is 25.6 Å². The van der Waals surface area contributed by atoms with Crippen molar-refractivity contribution in [2.24, 2.45) is 0 Å². The Labute approximate surface area is 199 Å². The number of carbonyl (C=O) groups is 2. The van der Waals surface area contributed by atoms with E-state index in [2.05, 4.69) is 20.5 Å². The minimum Gasteiger partial charge on any atom is -0.496 e. The molecule has 3 aromatic heterocycles. The Morgan fingerprint density at radius 3 is 2.91 bits per heavy atom. The van der Waals surface area contributed by atoms with Gasteiger partial charge in [-0.15, -0.1) is 0 Å². The van der Waals surface area contributed by atoms with Gasteiger partial charge in [-0.05, 0) is 24.3 Å². The molecule has 11 nitrogen and oxygen atoms in total. The number of aliphatic hydroxyl groups excluding tert-OH is 1. The van der Waals surface area contributed by atoms with E-state index in [1.807, 2.05) is 0 Å². The van der Waals surface area contributed by atoms with E-state index in [9.17, 15) is 9.59 Å². The monoisotopic (exact) mass is 483 g/mol. The van der Waals surface area contributed by atoms with Gasteiger partial charge in [-0.25, -0.2) is 9.50 Å². The normalized spacial score (nSPS) is 10.9. The van der Waals surface area contributed by atoms with Gasteiger partial charge in [0.15, 0.2) is 5.65 Å². The van der Waals surface area contributed by atoms with Crippen LogP contribution in [0.5, 0.6) is 5.75 Å². The predicted octanol–water partition coefficient (Wildman–Crippen LogP) is 1.96. The Morgan fingerprint density at radius 2 is 2.15 bits per heavy atom. The summed E-state index contributed by atoms with van der Waals surface area (Å²) in [6.07, 6.45) is 6.24. The fourth-order valence-corrected chi connectivity index (χ4v) is 3.54. The molecule has 4 rings (SSSR count). The maximum Gasteiger partial charge on any atom is 0.261 e. The van der Waals surface area contributed by atoms with Gasteiger partial charge < -0.3 is 20.1 Å². The number of anilines is 1. The number of likely N-dealkylation sites (N-methyl/N-ethyl adjacent to an activating group) is 1. The number of nitrogens with one attached hydrogen (secondary N) is 1. The fraction of sp³-hybridized carbons (Fsp3) is 0.227. The number of aliphatic hydroxyl groups is 1. The highest BCUT2D eigenvalue weighted by Gasteiger charge is 2.22. The van der Waals surface area contributed by atoms with Gasteiger partial charge in [0.1, 0.15) is 23.6 Å². The van der Waals surface area contributed by atoms with Crippen molar-refractivity contribution in [3.05, 3.63) is 59.6 Å². The van der Waals surface area contributed by atoms with Crippen molar-refractivity contribution in [2.75, 3.05) is 32.6 Å². The Morgan fingerprint density at radius 1 is 1.32 bits per heavy atom. The summed E-state index contributed by atoms with van der Waals surface area (Å²) in [5.74, 6) is -0.211. The van der Waals surface area contributed by atoms with Gasteiger partial charge in [0.25, 0.3) is 5.91 Å². The zero-order chi connectivity index (χ0) is 24.2. The lowest BCUT2D eigenvalue weighted by Crippen LogP contribution is -2.32. The molecule has 0 aliphatic rings. The van der Waals surface area contributed by atoms with Crippen LogP contribution in [0.25, 0.3) is 16.9 Å². The lowest BCUT2D eigenvalue weighted by molar-refractivity contribution is -0.131. The third-order valence-electron chi connectivity index (χ3n) is 5.11. The van der Waals surface area contributed by atoms with E-state index < -0.39 is 5.91 Å². The summed E-state index contributed by atoms with van der Waals surface area (Å²) in [5, 5.41) is 21.1. The first-order valence-corrected chi connectivity index (χ1v) is 10.6. The molecule has 4 aromatic rings. The van der Waals surface area contributed by atoms with E-state index >= 15 is 0 Å². The van der Waals surface area contributed by atoms with Crippen molar-refractivity contribution in [2.45, 2.75) is 6.54 Å². The number of nitrogens with zero attached hydrogens (tertiary/aromatic N) is 6. The minimum absolute atomic E-state index is 0.0967. The summed E-state index contributed by atoms with van der Waals surface area (Å²) >= 11 is 6.21. The number of halogens is 1. The fourth-order valence-electron chi connectivity index (χ4n) is 3.37. The molecule has 0 bridgehead atoms. The highest BCUT2D eigenvalue weighted by Crippen LogP contribution is 2.36. The third kappa shape index (κ3) is 4.70. The van der Waals surface area contributed by atoms with Crippen LogP contribution in [-0.4, -0.2) is 73.5 Å². The number of methoxy groups -OCH3 is 1. The molecule has 0 unspecified atom stereocenters. The number of carbonyl (C=O) groups excluding carboxylic acids is 2. The first-order chi connectivity index (χ1) is 16.4. The van der Waals surface area contributed by atoms with Crippen molar-refractivity contribution in [1.82, 2.24) is 29.3 Å². The molecule has 0 spiro atoms. The van der Waals surface area contributed by atoms with E-state index in [-0.39, 0.29) is 31.2 Å². The second kappa shape index (κ2) is 9.89. The molecule has 3 heterocycles. The number of fused-ring (bicyclic) bond motifs is 1. The van der Waals surface area contributed by atoms with Gasteiger partial charge in [0.2, 0.25) is 5.91 Å². The molecule has 34 heavy (non-hydrogen) atoms. The largest absolute Gasteiger partial charge is 0.496 e. The number of benzene rings is 1. The van der Waals surface area contributed by atoms with E-state index in [1.165, 1.54) is 27.4 Å². The maximum atomic E-state index is 13.1. The molecule has 0 aliphatic carbocycles. The quantitative estimate of drug-likeness (QED) is 0.392. The van der Waals surface area contributed by atoms with E-state index in [0.29, 0.717) is 33.4 Å². The van der Waals surface area contributed by atoms with Crippen LogP contribution in [-0.2, 0) is 11.3 Å². The molecule has 2 N–H and O–H groups in total. The van der Waals surface area contributed by atoms with Crippen LogP contribution in [0.2, 0.25) is 5.02 Å². The molecule has 0 radical (unpaired) electrons. The smallest absolute Gasteiger partial charge is 0.261 e. The first kappa shape index (κ1) is 23.2. The van der Waals surface area contributed by atoms with Crippen LogP contribution in [0.15, 0.2) is 49.1 Å². The molecule has 0 saturated carbocycles. The second-order valence-electron chi connectivity index (χ2n) is 7.37. The van der Waals surface area contributed by atoms with Crippen molar-refractivity contribution in [3.8, 4) is 17.0 Å². The van der Waals surface area contributed by atoms with Crippen molar-refractivity contribution in [3.63, 3.8) is 0 Å². The standard InChI is InChI=1S/C22H22ClN7O4/c1-28(8-9-31)19(32)13-29-12-17(20(27-29)15-10-14(23)4-5-18(15)34-2)26-22(33)16-11-25-30-7-3-6-24-21(16)30/h3-7,10-12,31H,8-9,13H2,1-2H3,(H,26,33). The van der Waals surface area contributed by atoms with Gasteiger partial charge in [-0.1, -0.05) is 11.6 Å². The third-order valence-corrected chi connectivity index (χ3v) is 5.34. The molecule has 2 amide bonds. The van der Waals surface area contributed by atoms with Crippen LogP contribution in [0, 0.1) is 0 Å². The van der Waals surface area contributed by atoms with Crippen molar-refractivity contribution >= 4 is 34.7 Å². The number of hydrogen-bond donors (Lipinski definition) is 2. The number of rotatable bonds is 8. The zero-order valence-corrected chi connectivity index (χ0v) is 19.2. The van der Waals surface area contributed by atoms with Crippen LogP contribution >= 0.6 is 11.6 Å². The molecule has 176 valence electrons. The molecule has 12 heteroatoms. The van der Waals surface area contributed by atoms with Crippen molar-refractivity contribution < 1.29 is 19.4 Å². The summed E-state index contributed by atoms with van der Waals surface area (Å²) in [7, 11) is 3.10. The minimum atomic E-state index is -0.445. The highest BCUT2D eigenvalue weighted by molar-refractivity contribution is 6.31. The number of hydrogen-bond acceptors (Lipinski definition) is 7. The Hall–Kier alpha value is -3.96. The Kier molecular flexibility index (Phi) is 6.75. The van der Waals surface area contributed by atoms with Gasteiger partial charge in [0, 0.05) is 42.8 Å². The zero-order valence-electron chi connectivity index (χ0n) is 18.5. The number of ether oxygens (including phenoxy) is 1. The average Bonchev–Trinajstić information content (AvgIpc) is 3.43. The van der Waals surface area contributed by atoms with Gasteiger partial charge in [-0.3, -0.25) is 14.3 Å². The van der Waals surface area contributed by atoms with E-state index in [4.69, 9.17) is 21.4 Å². The molecule has 0 fully saturated rings. The molecule has 1 aromatic carbocycles. The van der Waals surface area contributed by atoms with Crippen LogP contribution < -0.4 is 10.1 Å². The van der Waals surface area contributed by atoms with E-state index in [0.717, 1.165) is 0 Å². The Bertz CT molecular complexity index is 1350. The highest BCUT2D eigenvalue weighted by atomic mass is 35.5. The van der Waals surface area contributed by atoms with Crippen molar-refractivity contribution in [1.29, 1.82) is 0 Å². The first-order valence-electron chi connectivity index (χ1n) is 10.3. The summed E-state index contributed by atoms with van der Waals surface area (Å²) in [5.41, 5.74) is 1.93. The number of amides is 2. The van der Waals surface area contributed by atoms with Crippen LogP contribution in [0.1, 0.15) is 10.4 Å². The van der Waals surface area contributed by atoms with Gasteiger partial charge in [-0.2, -0.15) is 10.2 Å². The lowest BCUT2D eigenvalue weighted by Gasteiger charge is -2.15. The molecular weight excluding hydrogens is 462 g/mol. The molecular formula is C22H22ClN7O4. The topological polar surface area (TPSA) is 127 Å². The molecule has 0 atom stereocenters. The lowest BCUT2D eigenvalue weighted by atomic mass is 10.1. The summed E-state index contributed by atoms with van der Waals surface area (Å²) in [6, 6.07) is 6.74. The van der Waals surface area contributed by atoms with Crippen LogP contribution in [0.3, 0.4) is 0 Å². The number of aromatic nitrogens is 5. The molecule has 0 aliphatic heterocycles. The average molecular weight is 484 g/mol. The summed E-state index contributed by atoms with van der Waals surface area (Å²) in [4.78, 5) is 31.2. The SMILES string of the molecule is COc1ccc(Cl)cc1-c1nn(CC(=O)N(C)CCO)cc1NC(=O)c1cnn2cccnc12. The van der Waals surface area contributed by atoms with Crippen LogP contribution in [0.4, 0.5) is 5.69 Å². The summed E-state index contributed by atoms with van der Waals surface area (Å²) in [6.45, 7) is -0.0533. The maximum absolute atomic E-state index is 13.1. The predicted molar refractivity (Wildman–Crippen MR) is 125 cm³/mol. The second-order valence-corrected chi connectivity index (χ2v) is 7.81.